The Kier molecular flexibility index (Phi) is 4.12. The predicted octanol–water partition coefficient (Wildman–Crippen LogP) is 0.459. The lowest BCUT2D eigenvalue weighted by Crippen LogP contribution is -2.19. The van der Waals surface area contributed by atoms with Crippen LogP contribution in [0.15, 0.2) is 12.4 Å². The van der Waals surface area contributed by atoms with Crippen LogP contribution < -0.4 is 10.1 Å². The van der Waals surface area contributed by atoms with Crippen molar-refractivity contribution in [3.63, 3.8) is 0 Å². The molecule has 0 saturated carbocycles. The van der Waals surface area contributed by atoms with Crippen LogP contribution in [0.4, 0.5) is 5.95 Å². The van der Waals surface area contributed by atoms with Crippen LogP contribution in [0.5, 0.6) is 5.75 Å². The van der Waals surface area contributed by atoms with E-state index in [1.807, 2.05) is 14.1 Å². The Bertz CT molecular complexity index is 260. The van der Waals surface area contributed by atoms with Gasteiger partial charge in [-0.3, -0.25) is 0 Å². The van der Waals surface area contributed by atoms with Crippen LogP contribution in [0.25, 0.3) is 0 Å². The molecule has 0 aliphatic heterocycles. The molecule has 0 aromatic carbocycles. The van der Waals surface area contributed by atoms with E-state index in [-0.39, 0.29) is 0 Å². The number of ether oxygens (including phenoxy) is 1. The van der Waals surface area contributed by atoms with E-state index >= 15 is 0 Å². The normalized spacial score (nSPS) is 10.3. The monoisotopic (exact) mass is 196 g/mol. The first-order valence-electron chi connectivity index (χ1n) is 4.49. The standard InChI is InChI=1S/C9H16N4O/c1-10-9-11-6-8(7-12-9)14-5-4-13(2)3/h6-7H,4-5H2,1-3H3,(H,10,11,12). The third kappa shape index (κ3) is 3.57. The third-order valence-electron chi connectivity index (χ3n) is 1.66. The molecule has 14 heavy (non-hydrogen) atoms. The van der Waals surface area contributed by atoms with Crippen LogP contribution in [0.2, 0.25) is 0 Å². The molecule has 0 bridgehead atoms. The molecule has 0 aliphatic rings. The Morgan fingerprint density at radius 3 is 2.50 bits per heavy atom. The van der Waals surface area contributed by atoms with E-state index in [9.17, 15) is 0 Å². The number of likely N-dealkylation sites (N-methyl/N-ethyl adjacent to an activating group) is 1. The summed E-state index contributed by atoms with van der Waals surface area (Å²) in [5.74, 6) is 1.30. The topological polar surface area (TPSA) is 50.3 Å². The number of hydrogen-bond acceptors (Lipinski definition) is 5. The first-order chi connectivity index (χ1) is 6.72. The fourth-order valence-electron chi connectivity index (χ4n) is 0.866. The molecule has 1 rings (SSSR count). The number of hydrogen-bond donors (Lipinski definition) is 1. The maximum absolute atomic E-state index is 5.42. The first kappa shape index (κ1) is 10.7. The molecule has 1 aromatic heterocycles. The lowest BCUT2D eigenvalue weighted by atomic mass is 10.6. The van der Waals surface area contributed by atoms with Crippen molar-refractivity contribution in [2.45, 2.75) is 0 Å². The highest BCUT2D eigenvalue weighted by Crippen LogP contribution is 2.07. The molecule has 0 aliphatic carbocycles. The Morgan fingerprint density at radius 1 is 1.36 bits per heavy atom. The molecular weight excluding hydrogens is 180 g/mol. The van der Waals surface area contributed by atoms with Gasteiger partial charge in [0.1, 0.15) is 6.61 Å². The molecule has 1 aromatic rings. The second-order valence-electron chi connectivity index (χ2n) is 3.14. The molecule has 1 N–H and O–H groups in total. The van der Waals surface area contributed by atoms with E-state index in [1.54, 1.807) is 19.4 Å². The summed E-state index contributed by atoms with van der Waals surface area (Å²) < 4.78 is 5.42. The molecule has 78 valence electrons. The van der Waals surface area contributed by atoms with E-state index in [4.69, 9.17) is 4.74 Å². The van der Waals surface area contributed by atoms with Gasteiger partial charge in [-0.2, -0.15) is 0 Å². The molecule has 0 fully saturated rings. The first-order valence-corrected chi connectivity index (χ1v) is 4.49. The van der Waals surface area contributed by atoms with Crippen molar-refractivity contribution in [2.75, 3.05) is 39.6 Å². The Morgan fingerprint density at radius 2 is 2.00 bits per heavy atom. The fraction of sp³-hybridized carbons (Fsp3) is 0.556. The van der Waals surface area contributed by atoms with E-state index < -0.39 is 0 Å². The van der Waals surface area contributed by atoms with Gasteiger partial charge in [-0.15, -0.1) is 0 Å². The fourth-order valence-corrected chi connectivity index (χ4v) is 0.866. The van der Waals surface area contributed by atoms with Crippen molar-refractivity contribution in [1.82, 2.24) is 14.9 Å². The highest BCUT2D eigenvalue weighted by Gasteiger charge is 1.96. The van der Waals surface area contributed by atoms with Crippen LogP contribution in [0.1, 0.15) is 0 Å². The minimum Gasteiger partial charge on any atom is -0.489 e. The van der Waals surface area contributed by atoms with Crippen molar-refractivity contribution in [3.05, 3.63) is 12.4 Å². The van der Waals surface area contributed by atoms with Gasteiger partial charge in [0.2, 0.25) is 5.95 Å². The zero-order valence-electron chi connectivity index (χ0n) is 8.82. The van der Waals surface area contributed by atoms with Gasteiger partial charge in [-0.1, -0.05) is 0 Å². The van der Waals surface area contributed by atoms with E-state index in [0.717, 1.165) is 6.54 Å². The lowest BCUT2D eigenvalue weighted by molar-refractivity contribution is 0.260. The molecule has 0 atom stereocenters. The Balaban J connectivity index is 2.36. The molecule has 0 unspecified atom stereocenters. The summed E-state index contributed by atoms with van der Waals surface area (Å²) in [4.78, 5) is 10.1. The highest BCUT2D eigenvalue weighted by atomic mass is 16.5. The minimum atomic E-state index is 0.602. The zero-order valence-corrected chi connectivity index (χ0v) is 8.82. The Hall–Kier alpha value is -1.36. The second kappa shape index (κ2) is 5.39. The maximum Gasteiger partial charge on any atom is 0.222 e. The van der Waals surface area contributed by atoms with Gasteiger partial charge in [-0.25, -0.2) is 9.97 Å². The van der Waals surface area contributed by atoms with E-state index in [1.165, 1.54) is 0 Å². The summed E-state index contributed by atoms with van der Waals surface area (Å²) in [6, 6.07) is 0. The smallest absolute Gasteiger partial charge is 0.222 e. The number of aromatic nitrogens is 2. The minimum absolute atomic E-state index is 0.602. The van der Waals surface area contributed by atoms with Gasteiger partial charge in [-0.05, 0) is 14.1 Å². The maximum atomic E-state index is 5.42. The van der Waals surface area contributed by atoms with Gasteiger partial charge in [0, 0.05) is 13.6 Å². The van der Waals surface area contributed by atoms with Gasteiger partial charge >= 0.3 is 0 Å². The van der Waals surface area contributed by atoms with Gasteiger partial charge < -0.3 is 15.0 Å². The van der Waals surface area contributed by atoms with Gasteiger partial charge in [0.25, 0.3) is 0 Å². The SMILES string of the molecule is CNc1ncc(OCCN(C)C)cn1. The van der Waals surface area contributed by atoms with Crippen LogP contribution in [-0.2, 0) is 0 Å². The molecular formula is C9H16N4O. The zero-order chi connectivity index (χ0) is 10.4. The molecule has 5 nitrogen and oxygen atoms in total. The van der Waals surface area contributed by atoms with Crippen LogP contribution in [0, 0.1) is 0 Å². The number of nitrogens with one attached hydrogen (secondary N) is 1. The quantitative estimate of drug-likeness (QED) is 0.741. The van der Waals surface area contributed by atoms with Crippen molar-refractivity contribution in [3.8, 4) is 5.75 Å². The average molecular weight is 196 g/mol. The predicted molar refractivity (Wildman–Crippen MR) is 55.6 cm³/mol. The molecule has 1 heterocycles. The van der Waals surface area contributed by atoms with E-state index in [2.05, 4.69) is 20.2 Å². The average Bonchev–Trinajstić information content (AvgIpc) is 2.18. The molecule has 5 heteroatoms. The molecule has 0 radical (unpaired) electrons. The number of anilines is 1. The summed E-state index contributed by atoms with van der Waals surface area (Å²) in [6.45, 7) is 1.53. The Labute approximate surface area is 84.1 Å². The van der Waals surface area contributed by atoms with Gasteiger partial charge in [0.05, 0.1) is 12.4 Å². The number of rotatable bonds is 5. The van der Waals surface area contributed by atoms with E-state index in [0.29, 0.717) is 18.3 Å². The summed E-state index contributed by atoms with van der Waals surface area (Å²) in [6.07, 6.45) is 3.32. The van der Waals surface area contributed by atoms with Crippen LogP contribution >= 0.6 is 0 Å². The van der Waals surface area contributed by atoms with Crippen molar-refractivity contribution >= 4 is 5.95 Å². The van der Waals surface area contributed by atoms with Crippen LogP contribution in [-0.4, -0.2) is 49.2 Å². The third-order valence-corrected chi connectivity index (χ3v) is 1.66. The molecule has 0 spiro atoms. The lowest BCUT2D eigenvalue weighted by Gasteiger charge is -2.10. The summed E-state index contributed by atoms with van der Waals surface area (Å²) in [5, 5.41) is 2.84. The second-order valence-corrected chi connectivity index (χ2v) is 3.14. The summed E-state index contributed by atoms with van der Waals surface area (Å²) >= 11 is 0. The van der Waals surface area contributed by atoms with Crippen molar-refractivity contribution in [1.29, 1.82) is 0 Å². The molecule has 0 saturated heterocycles. The van der Waals surface area contributed by atoms with Crippen molar-refractivity contribution in [2.24, 2.45) is 0 Å². The van der Waals surface area contributed by atoms with Gasteiger partial charge in [0.15, 0.2) is 5.75 Å². The summed E-state index contributed by atoms with van der Waals surface area (Å²) in [7, 11) is 5.79. The highest BCUT2D eigenvalue weighted by molar-refractivity contribution is 5.25. The largest absolute Gasteiger partial charge is 0.489 e. The molecule has 0 amide bonds. The number of nitrogens with zero attached hydrogens (tertiary/aromatic N) is 3. The van der Waals surface area contributed by atoms with Crippen LogP contribution in [0.3, 0.4) is 0 Å². The summed E-state index contributed by atoms with van der Waals surface area (Å²) in [5.41, 5.74) is 0. The van der Waals surface area contributed by atoms with Crippen molar-refractivity contribution < 1.29 is 4.74 Å².